The van der Waals surface area contributed by atoms with Crippen LogP contribution in [0.25, 0.3) is 0 Å². The second-order valence-corrected chi connectivity index (χ2v) is 10.9. The van der Waals surface area contributed by atoms with Gasteiger partial charge in [0.05, 0.1) is 37.4 Å². The third-order valence-corrected chi connectivity index (χ3v) is 8.31. The van der Waals surface area contributed by atoms with Gasteiger partial charge in [-0.15, -0.1) is 0 Å². The summed E-state index contributed by atoms with van der Waals surface area (Å²) in [7, 11) is -0.925. The molecule has 0 saturated carbocycles. The number of carbonyl (C=O) groups is 1. The van der Waals surface area contributed by atoms with E-state index in [2.05, 4.69) is 5.32 Å². The minimum atomic E-state index is -4.04. The average Bonchev–Trinajstić information content (AvgIpc) is 2.90. The van der Waals surface area contributed by atoms with E-state index in [-0.39, 0.29) is 28.9 Å². The largest absolute Gasteiger partial charge is 0.497 e. The van der Waals surface area contributed by atoms with Gasteiger partial charge in [0.15, 0.2) is 6.10 Å². The van der Waals surface area contributed by atoms with Gasteiger partial charge in [0.2, 0.25) is 0 Å². The number of methoxy groups -OCH3 is 2. The predicted octanol–water partition coefficient (Wildman–Crippen LogP) is 4.89. The molecule has 3 aromatic rings. The van der Waals surface area contributed by atoms with Crippen molar-refractivity contribution in [1.82, 2.24) is 5.32 Å². The molecule has 1 heterocycles. The highest BCUT2D eigenvalue weighted by atomic mass is 35.5. The second-order valence-electron chi connectivity index (χ2n) is 8.63. The number of hydrogen-bond donors (Lipinski definition) is 1. The summed E-state index contributed by atoms with van der Waals surface area (Å²) in [6.07, 6.45) is -0.445. The van der Waals surface area contributed by atoms with Crippen LogP contribution < -0.4 is 23.8 Å². The first-order valence-corrected chi connectivity index (χ1v) is 13.6. The molecule has 0 unspecified atom stereocenters. The van der Waals surface area contributed by atoms with Crippen molar-refractivity contribution in [1.29, 1.82) is 0 Å². The number of benzene rings is 3. The highest BCUT2D eigenvalue weighted by Crippen LogP contribution is 2.39. The maximum atomic E-state index is 13.7. The van der Waals surface area contributed by atoms with Crippen LogP contribution in [0.2, 0.25) is 5.02 Å². The summed E-state index contributed by atoms with van der Waals surface area (Å²) in [5, 5.41) is 3.37. The van der Waals surface area contributed by atoms with Crippen molar-refractivity contribution in [2.45, 2.75) is 37.3 Å². The number of anilines is 1. The van der Waals surface area contributed by atoms with E-state index in [1.54, 1.807) is 31.4 Å². The first-order valence-electron chi connectivity index (χ1n) is 11.8. The van der Waals surface area contributed by atoms with Crippen LogP contribution in [0.5, 0.6) is 17.2 Å². The Morgan fingerprint density at radius 1 is 1.11 bits per heavy atom. The third-order valence-electron chi connectivity index (χ3n) is 6.28. The van der Waals surface area contributed by atoms with Gasteiger partial charge < -0.3 is 19.5 Å². The van der Waals surface area contributed by atoms with E-state index >= 15 is 0 Å². The third kappa shape index (κ3) is 5.47. The van der Waals surface area contributed by atoms with Gasteiger partial charge in [0.1, 0.15) is 17.2 Å². The second kappa shape index (κ2) is 10.9. The van der Waals surface area contributed by atoms with Crippen LogP contribution in [0, 0.1) is 6.92 Å². The number of fused-ring (bicyclic) bond motifs is 1. The number of sulfonamides is 1. The molecule has 0 aliphatic carbocycles. The fraction of sp³-hybridized carbons (Fsp3) is 0.296. The smallest absolute Gasteiger partial charge is 0.264 e. The van der Waals surface area contributed by atoms with E-state index in [0.29, 0.717) is 17.2 Å². The molecule has 0 radical (unpaired) electrons. The van der Waals surface area contributed by atoms with Crippen LogP contribution in [0.3, 0.4) is 0 Å². The van der Waals surface area contributed by atoms with E-state index in [4.69, 9.17) is 25.8 Å². The molecule has 8 nitrogen and oxygen atoms in total. The zero-order chi connectivity index (χ0) is 26.7. The molecular weight excluding hydrogens is 516 g/mol. The van der Waals surface area contributed by atoms with Gasteiger partial charge in [-0.3, -0.25) is 9.10 Å². The Bertz CT molecular complexity index is 1390. The number of ether oxygens (including phenoxy) is 3. The van der Waals surface area contributed by atoms with Gasteiger partial charge in [-0.2, -0.15) is 0 Å². The van der Waals surface area contributed by atoms with E-state index in [0.717, 1.165) is 16.9 Å². The molecule has 196 valence electrons. The molecule has 2 atom stereocenters. The number of rotatable bonds is 8. The number of aryl methyl sites for hydroxylation is 1. The topological polar surface area (TPSA) is 94.2 Å². The summed E-state index contributed by atoms with van der Waals surface area (Å²) in [4.78, 5) is 13.4. The van der Waals surface area contributed by atoms with E-state index in [9.17, 15) is 13.2 Å². The van der Waals surface area contributed by atoms with Crippen molar-refractivity contribution >= 4 is 33.2 Å². The molecule has 1 N–H and O–H groups in total. The highest BCUT2D eigenvalue weighted by Gasteiger charge is 2.38. The summed E-state index contributed by atoms with van der Waals surface area (Å²) >= 11 is 6.18. The SMILES string of the molecule is CC[C@@H](NC(=O)[C@H]1CN(S(=O)(=O)c2ccc(OC)cc2)c2cc(Cl)ccc2O1)c1ccc(OC)c(C)c1. The number of hydrogen-bond acceptors (Lipinski definition) is 6. The molecule has 10 heteroatoms. The van der Waals surface area contributed by atoms with Crippen LogP contribution in [0.1, 0.15) is 30.5 Å². The zero-order valence-electron chi connectivity index (χ0n) is 21.0. The Kier molecular flexibility index (Phi) is 7.85. The van der Waals surface area contributed by atoms with E-state index < -0.39 is 22.0 Å². The van der Waals surface area contributed by atoms with Crippen LogP contribution >= 0.6 is 11.6 Å². The molecule has 0 aromatic heterocycles. The molecule has 0 fully saturated rings. The fourth-order valence-corrected chi connectivity index (χ4v) is 5.90. The quantitative estimate of drug-likeness (QED) is 0.434. The molecule has 3 aromatic carbocycles. The summed E-state index contributed by atoms with van der Waals surface area (Å²) in [5.74, 6) is 1.12. The monoisotopic (exact) mass is 544 g/mol. The van der Waals surface area contributed by atoms with E-state index in [1.807, 2.05) is 32.0 Å². The summed E-state index contributed by atoms with van der Waals surface area (Å²) < 4.78 is 45.0. The molecule has 1 aliphatic rings. The summed E-state index contributed by atoms with van der Waals surface area (Å²) in [6.45, 7) is 3.68. The normalized spacial score (nSPS) is 15.8. The van der Waals surface area contributed by atoms with Gasteiger partial charge in [-0.1, -0.05) is 30.7 Å². The van der Waals surface area contributed by atoms with Gasteiger partial charge in [0, 0.05) is 5.02 Å². The molecule has 1 amide bonds. The van der Waals surface area contributed by atoms with Crippen molar-refractivity contribution in [3.05, 3.63) is 76.8 Å². The van der Waals surface area contributed by atoms with Crippen LogP contribution in [0.4, 0.5) is 5.69 Å². The van der Waals surface area contributed by atoms with E-state index in [1.165, 1.54) is 29.6 Å². The van der Waals surface area contributed by atoms with Crippen molar-refractivity contribution < 1.29 is 27.4 Å². The molecule has 0 spiro atoms. The Hall–Kier alpha value is -3.43. The van der Waals surface area contributed by atoms with Crippen molar-refractivity contribution in [3.8, 4) is 17.2 Å². The minimum Gasteiger partial charge on any atom is -0.497 e. The average molecular weight is 545 g/mol. The standard InChI is InChI=1S/C27H29ClN2O6S/c1-5-22(18-6-12-24(35-4)17(2)14-18)29-27(31)26-16-30(23-15-19(28)7-13-25(23)36-26)37(32,33)21-10-8-20(34-3)9-11-21/h6-15,22,26H,5,16H2,1-4H3,(H,29,31)/t22-,26-/m1/s1. The van der Waals surface area contributed by atoms with Crippen molar-refractivity contribution in [2.24, 2.45) is 0 Å². The number of carbonyl (C=O) groups excluding carboxylic acids is 1. The lowest BCUT2D eigenvalue weighted by Gasteiger charge is -2.35. The van der Waals surface area contributed by atoms with Crippen LogP contribution in [0.15, 0.2) is 65.6 Å². The van der Waals surface area contributed by atoms with Crippen molar-refractivity contribution in [2.75, 3.05) is 25.1 Å². The molecular formula is C27H29ClN2O6S. The molecule has 4 rings (SSSR count). The first-order chi connectivity index (χ1) is 17.7. The Balaban J connectivity index is 1.64. The lowest BCUT2D eigenvalue weighted by molar-refractivity contribution is -0.128. The Morgan fingerprint density at radius 2 is 1.84 bits per heavy atom. The Morgan fingerprint density at radius 3 is 2.46 bits per heavy atom. The summed E-state index contributed by atoms with van der Waals surface area (Å²) in [6, 6.07) is 16.2. The number of nitrogens with zero attached hydrogens (tertiary/aromatic N) is 1. The highest BCUT2D eigenvalue weighted by molar-refractivity contribution is 7.92. The maximum Gasteiger partial charge on any atom is 0.264 e. The van der Waals surface area contributed by atoms with Gasteiger partial charge >= 0.3 is 0 Å². The number of amides is 1. The number of halogens is 1. The lowest BCUT2D eigenvalue weighted by Crippen LogP contribution is -2.51. The minimum absolute atomic E-state index is 0.0560. The zero-order valence-corrected chi connectivity index (χ0v) is 22.6. The molecule has 37 heavy (non-hydrogen) atoms. The maximum absolute atomic E-state index is 13.7. The molecule has 0 saturated heterocycles. The van der Waals surface area contributed by atoms with Gasteiger partial charge in [0.25, 0.3) is 15.9 Å². The first kappa shape index (κ1) is 26.6. The number of nitrogens with one attached hydrogen (secondary N) is 1. The fourth-order valence-electron chi connectivity index (χ4n) is 4.27. The van der Waals surface area contributed by atoms with Gasteiger partial charge in [-0.25, -0.2) is 8.42 Å². The van der Waals surface area contributed by atoms with Crippen LogP contribution in [-0.4, -0.2) is 41.2 Å². The predicted molar refractivity (Wildman–Crippen MR) is 142 cm³/mol. The molecule has 0 bridgehead atoms. The molecule has 1 aliphatic heterocycles. The van der Waals surface area contributed by atoms with Crippen molar-refractivity contribution in [3.63, 3.8) is 0 Å². The van der Waals surface area contributed by atoms with Gasteiger partial charge in [-0.05, 0) is 73.0 Å². The lowest BCUT2D eigenvalue weighted by atomic mass is 10.0. The summed E-state index contributed by atoms with van der Waals surface area (Å²) in [5.41, 5.74) is 2.13. The van der Waals surface area contributed by atoms with Crippen LogP contribution in [-0.2, 0) is 14.8 Å². The Labute approximate surface area is 222 Å².